The number of hydrogen-bond donors (Lipinski definition) is 5. The number of hydrogen-bond acceptors (Lipinski definition) is 17. The van der Waals surface area contributed by atoms with E-state index in [1.54, 1.807) is 66.9 Å². The van der Waals surface area contributed by atoms with E-state index in [1.807, 2.05) is 116 Å². The van der Waals surface area contributed by atoms with Gasteiger partial charge < -0.3 is 25.5 Å². The second-order valence-corrected chi connectivity index (χ2v) is 27.2. The van der Waals surface area contributed by atoms with E-state index in [0.29, 0.717) is 50.1 Å². The van der Waals surface area contributed by atoms with Crippen LogP contribution >= 0.6 is 41.0 Å². The number of nitro groups is 1. The van der Waals surface area contributed by atoms with Crippen LogP contribution < -0.4 is 25.8 Å². The van der Waals surface area contributed by atoms with Gasteiger partial charge in [-0.3, -0.25) is 19.6 Å². The van der Waals surface area contributed by atoms with Gasteiger partial charge in [-0.15, -0.1) is 0 Å². The molecule has 8 aromatic carbocycles. The number of nitrogens with zero attached hydrogens (tertiary/aromatic N) is 7. The molecule has 0 saturated carbocycles. The Morgan fingerprint density at radius 1 is 0.495 bits per heavy atom. The predicted octanol–water partition coefficient (Wildman–Crippen LogP) is 13.7. The summed E-state index contributed by atoms with van der Waals surface area (Å²) in [6.07, 6.45) is 7.08. The summed E-state index contributed by atoms with van der Waals surface area (Å²) in [6, 6.07) is 60.1. The molecule has 0 atom stereocenters. The zero-order valence-corrected chi connectivity index (χ0v) is 55.5. The van der Waals surface area contributed by atoms with Gasteiger partial charge in [-0.05, 0) is 109 Å². The number of sulfonamides is 2. The molecule has 31 heteroatoms. The van der Waals surface area contributed by atoms with E-state index in [1.165, 1.54) is 30.5 Å². The average molecular weight is 1480 g/mol. The zero-order valence-electron chi connectivity index (χ0n) is 46.4. The van der Waals surface area contributed by atoms with E-state index in [9.17, 15) is 26.9 Å². The summed E-state index contributed by atoms with van der Waals surface area (Å²) < 4.78 is 93.8. The fourth-order valence-electron chi connectivity index (χ4n) is 8.97. The van der Waals surface area contributed by atoms with Crippen molar-refractivity contribution in [1.82, 2.24) is 29.1 Å². The first-order chi connectivity index (χ1) is 43.9. The molecule has 0 fully saturated rings. The molecule has 0 bridgehead atoms. The standard InChI is InChI=1S/C30H21ClN6O4S.C30H23ClN6O2S.2ClH.2O2S.Sn/c31-27-18-32-30(34-29(27)26-19-36(22-9-2-1-3-10-22)28-12-5-4-11-25(26)28)33-20-7-6-8-21(17-20)35-42(40,41)24-15-13-23(14-16-24)37(38)39;31-27-18-33-30(34-21-7-6-8-22(17-21)36-40(38,39)24-15-13-20(32)14-16-24)35-29(27)26-19-37(23-9-2-1-3-10-23)28-12-5-4-11-25(26)28;;;2*1-3-2;/h1-19,35H,(H,32,33,34);1-19,36H,32H2,(H,33,34,35);2*1H;;;/q;;;;;;+2/p-2. The maximum absolute atomic E-state index is 12.9. The number of halogens is 4. The van der Waals surface area contributed by atoms with E-state index in [4.69, 9.17) is 73.6 Å². The van der Waals surface area contributed by atoms with Gasteiger partial charge in [-0.25, -0.2) is 36.8 Å². The number of para-hydroxylation sites is 4. The van der Waals surface area contributed by atoms with Crippen LogP contribution in [0.5, 0.6) is 0 Å². The third kappa shape index (κ3) is 17.7. The molecule has 0 unspecified atom stereocenters. The SMILES string of the molecule is Nc1ccc(S(=O)(=O)Nc2cccc(Nc3ncc(Cl)c(-c4cn(-c5ccccc5)c5ccccc45)n3)c2)cc1.O=S=O.O=S=O.O=[N+]([O-])c1ccc(S(=O)(=O)Nc2cccc(Nc3ncc(Cl)c(-c4cn(-c5ccccc5)c5ccccc45)n3)c2)cc1.[Cl][Sn][Cl]. The molecular formula is C60H44Cl4N12O10S4Sn. The van der Waals surface area contributed by atoms with Gasteiger partial charge in [-0.2, -0.15) is 16.8 Å². The summed E-state index contributed by atoms with van der Waals surface area (Å²) in [5.41, 5.74) is 14.6. The van der Waals surface area contributed by atoms with Crippen molar-refractivity contribution in [1.29, 1.82) is 0 Å². The molecule has 0 spiro atoms. The molecule has 12 rings (SSSR count). The second-order valence-electron chi connectivity index (χ2n) is 18.5. The van der Waals surface area contributed by atoms with Gasteiger partial charge in [0.25, 0.3) is 25.7 Å². The number of anilines is 7. The first kappa shape index (κ1) is 67.8. The average Bonchev–Trinajstić information content (AvgIpc) is 1.69. The quantitative estimate of drug-likeness (QED) is 0.0276. The van der Waals surface area contributed by atoms with Crippen molar-refractivity contribution >= 4 is 171 Å². The predicted molar refractivity (Wildman–Crippen MR) is 359 cm³/mol. The van der Waals surface area contributed by atoms with Crippen molar-refractivity contribution in [2.75, 3.05) is 25.8 Å². The Balaban J connectivity index is 0.000000208. The fourth-order valence-corrected chi connectivity index (χ4v) is 11.5. The molecule has 460 valence electrons. The Kier molecular flexibility index (Phi) is 23.9. The van der Waals surface area contributed by atoms with E-state index < -0.39 is 67.0 Å². The number of fused-ring (bicyclic) bond motifs is 2. The molecular weight excluding hydrogens is 1440 g/mol. The minimum absolute atomic E-state index is 0.105. The van der Waals surface area contributed by atoms with Crippen molar-refractivity contribution in [3.05, 3.63) is 251 Å². The van der Waals surface area contributed by atoms with Crippen LogP contribution in [0.2, 0.25) is 10.0 Å². The summed E-state index contributed by atoms with van der Waals surface area (Å²) in [7, 11) is 2.09. The Morgan fingerprint density at radius 2 is 0.846 bits per heavy atom. The molecule has 0 aliphatic rings. The Hall–Kier alpha value is -9.10. The molecule has 6 N–H and O–H groups in total. The topological polar surface area (TPSA) is 315 Å². The van der Waals surface area contributed by atoms with Crippen LogP contribution in [0, 0.1) is 10.1 Å². The van der Waals surface area contributed by atoms with E-state index in [-0.39, 0.29) is 27.1 Å². The summed E-state index contributed by atoms with van der Waals surface area (Å²) in [4.78, 5) is 28.4. The van der Waals surface area contributed by atoms with Gasteiger partial charge in [0.2, 0.25) is 11.9 Å². The molecule has 4 aromatic heterocycles. The molecule has 0 amide bonds. The van der Waals surface area contributed by atoms with Crippen LogP contribution in [0.25, 0.3) is 55.7 Å². The summed E-state index contributed by atoms with van der Waals surface area (Å²) >= 11 is 10.9. The van der Waals surface area contributed by atoms with Gasteiger partial charge in [0, 0.05) is 74.9 Å². The van der Waals surface area contributed by atoms with E-state index >= 15 is 0 Å². The number of nitrogens with two attached hydrogens (primary N) is 1. The first-order valence-corrected chi connectivity index (χ1v) is 38.3. The summed E-state index contributed by atoms with van der Waals surface area (Å²) in [5, 5.41) is 19.9. The molecule has 12 aromatic rings. The molecule has 91 heavy (non-hydrogen) atoms. The first-order valence-electron chi connectivity index (χ1n) is 26.0. The van der Waals surface area contributed by atoms with Crippen LogP contribution in [0.3, 0.4) is 0 Å². The van der Waals surface area contributed by atoms with Crippen LogP contribution in [-0.2, 0) is 43.2 Å². The van der Waals surface area contributed by atoms with Gasteiger partial charge in [0.1, 0.15) is 0 Å². The number of rotatable bonds is 15. The van der Waals surface area contributed by atoms with Gasteiger partial charge >= 0.3 is 59.9 Å². The summed E-state index contributed by atoms with van der Waals surface area (Å²) in [6.45, 7) is 0. The van der Waals surface area contributed by atoms with Crippen LogP contribution in [0.1, 0.15) is 0 Å². The number of nitro benzene ring substituents is 1. The zero-order chi connectivity index (χ0) is 65.1. The van der Waals surface area contributed by atoms with Gasteiger partial charge in [0.15, 0.2) is 0 Å². The molecule has 4 heterocycles. The molecule has 2 radical (unpaired) electrons. The Morgan fingerprint density at radius 3 is 1.23 bits per heavy atom. The van der Waals surface area contributed by atoms with Gasteiger partial charge in [0.05, 0.1) is 70.9 Å². The van der Waals surface area contributed by atoms with Crippen molar-refractivity contribution in [2.24, 2.45) is 0 Å². The third-order valence-electron chi connectivity index (χ3n) is 12.8. The Labute approximate surface area is 554 Å². The van der Waals surface area contributed by atoms with Crippen LogP contribution in [0.15, 0.2) is 241 Å². The van der Waals surface area contributed by atoms with E-state index in [0.717, 1.165) is 56.4 Å². The van der Waals surface area contributed by atoms with Crippen LogP contribution in [-0.4, -0.2) is 86.6 Å². The van der Waals surface area contributed by atoms with Crippen molar-refractivity contribution < 1.29 is 38.6 Å². The monoisotopic (exact) mass is 1480 g/mol. The molecule has 0 saturated heterocycles. The van der Waals surface area contributed by atoms with Gasteiger partial charge in [-0.1, -0.05) is 108 Å². The van der Waals surface area contributed by atoms with Crippen LogP contribution in [0.4, 0.5) is 46.0 Å². The fraction of sp³-hybridized carbons (Fsp3) is 0. The van der Waals surface area contributed by atoms with E-state index in [2.05, 4.69) is 45.2 Å². The number of aromatic nitrogens is 6. The van der Waals surface area contributed by atoms with Crippen molar-refractivity contribution in [3.8, 4) is 33.9 Å². The maximum atomic E-state index is 12.9. The number of nitrogen functional groups attached to an aromatic ring is 1. The third-order valence-corrected chi connectivity index (χ3v) is 16.1. The number of nitrogens with one attached hydrogen (secondary N) is 4. The normalized spacial score (nSPS) is 10.7. The van der Waals surface area contributed by atoms with Crippen molar-refractivity contribution in [3.63, 3.8) is 0 Å². The minimum atomic E-state index is -3.99. The number of benzene rings is 8. The molecule has 0 aliphatic carbocycles. The van der Waals surface area contributed by atoms with Crippen molar-refractivity contribution in [2.45, 2.75) is 9.79 Å². The summed E-state index contributed by atoms with van der Waals surface area (Å²) in [5.74, 6) is 0.579. The number of non-ortho nitro benzene ring substituents is 1. The molecule has 0 aliphatic heterocycles. The molecule has 22 nitrogen and oxygen atoms in total. The second kappa shape index (κ2) is 32.1. The Bertz CT molecular complexity index is 4830.